The van der Waals surface area contributed by atoms with Gasteiger partial charge in [0.05, 0.1) is 23.1 Å². The molecule has 0 spiro atoms. The fraction of sp³-hybridized carbons (Fsp3) is 0. The van der Waals surface area contributed by atoms with Crippen LogP contribution in [0.15, 0.2) is 60.8 Å². The van der Waals surface area contributed by atoms with Crippen molar-refractivity contribution in [3.8, 4) is 0 Å². The highest BCUT2D eigenvalue weighted by atomic mass is 16.1. The molecule has 2 aromatic carbocycles. The summed E-state index contributed by atoms with van der Waals surface area (Å²) < 4.78 is 1.82. The van der Waals surface area contributed by atoms with Gasteiger partial charge in [-0.1, -0.05) is 42.5 Å². The van der Waals surface area contributed by atoms with Gasteiger partial charge in [-0.15, -0.1) is 0 Å². The van der Waals surface area contributed by atoms with Gasteiger partial charge < -0.3 is 5.32 Å². The van der Waals surface area contributed by atoms with Crippen molar-refractivity contribution in [3.63, 3.8) is 0 Å². The van der Waals surface area contributed by atoms with E-state index in [4.69, 9.17) is 0 Å². The first-order valence-electron chi connectivity index (χ1n) is 6.38. The summed E-state index contributed by atoms with van der Waals surface area (Å²) in [6, 6.07) is 15.6. The van der Waals surface area contributed by atoms with E-state index >= 15 is 0 Å². The van der Waals surface area contributed by atoms with Gasteiger partial charge >= 0.3 is 0 Å². The van der Waals surface area contributed by atoms with Crippen LogP contribution < -0.4 is 5.32 Å². The van der Waals surface area contributed by atoms with Crippen molar-refractivity contribution in [2.24, 2.45) is 0 Å². The molecule has 1 aliphatic rings. The van der Waals surface area contributed by atoms with Crippen molar-refractivity contribution in [1.82, 2.24) is 9.78 Å². The second kappa shape index (κ2) is 4.06. The topological polar surface area (TPSA) is 46.9 Å². The van der Waals surface area contributed by atoms with E-state index in [1.54, 1.807) is 6.08 Å². The molecule has 96 valence electrons. The minimum absolute atomic E-state index is 0.137. The molecule has 2 heterocycles. The van der Waals surface area contributed by atoms with Crippen LogP contribution in [0.3, 0.4) is 0 Å². The number of amides is 1. The number of hydrogen-bond donors (Lipinski definition) is 1. The van der Waals surface area contributed by atoms with E-state index < -0.39 is 0 Å². The Morgan fingerprint density at radius 2 is 1.85 bits per heavy atom. The monoisotopic (exact) mass is 261 g/mol. The number of para-hydroxylation sites is 1. The van der Waals surface area contributed by atoms with Crippen LogP contribution in [-0.2, 0) is 4.79 Å². The number of nitrogens with one attached hydrogen (secondary N) is 1. The maximum atomic E-state index is 12.0. The van der Waals surface area contributed by atoms with Crippen LogP contribution in [0, 0.1) is 0 Å². The Hall–Kier alpha value is -2.88. The minimum atomic E-state index is -0.137. The summed E-state index contributed by atoms with van der Waals surface area (Å²) in [6.45, 7) is 0. The number of nitrogens with zero attached hydrogens (tertiary/aromatic N) is 2. The lowest BCUT2D eigenvalue weighted by atomic mass is 10.1. The average Bonchev–Trinajstić information content (AvgIpc) is 2.84. The lowest BCUT2D eigenvalue weighted by molar-refractivity contribution is -0.111. The summed E-state index contributed by atoms with van der Waals surface area (Å²) in [5.74, 6) is -0.137. The first kappa shape index (κ1) is 11.0. The zero-order valence-corrected chi connectivity index (χ0v) is 10.6. The summed E-state index contributed by atoms with van der Waals surface area (Å²) >= 11 is 0. The van der Waals surface area contributed by atoms with Gasteiger partial charge in [0.15, 0.2) is 0 Å². The largest absolute Gasteiger partial charge is 0.321 e. The Balaban J connectivity index is 2.05. The van der Waals surface area contributed by atoms with E-state index in [0.29, 0.717) is 0 Å². The number of anilines is 1. The molecule has 0 aliphatic carbocycles. The second-order valence-corrected chi connectivity index (χ2v) is 4.68. The Kier molecular flexibility index (Phi) is 2.23. The maximum Gasteiger partial charge on any atom is 0.250 e. The Bertz CT molecular complexity index is 847. The Labute approximate surface area is 115 Å². The van der Waals surface area contributed by atoms with Crippen LogP contribution in [0.5, 0.6) is 0 Å². The maximum absolute atomic E-state index is 12.0. The standard InChI is InChI=1S/C16H11N3O/c20-15-9-14(11-5-2-1-3-6-11)19-16-12(10-17-19)7-4-8-13(16)18-15/h1-10H,(H,18,20). The summed E-state index contributed by atoms with van der Waals surface area (Å²) in [5.41, 5.74) is 3.45. The van der Waals surface area contributed by atoms with Crippen molar-refractivity contribution in [2.75, 3.05) is 5.32 Å². The third kappa shape index (κ3) is 1.55. The van der Waals surface area contributed by atoms with Crippen molar-refractivity contribution < 1.29 is 4.79 Å². The average molecular weight is 261 g/mol. The lowest BCUT2D eigenvalue weighted by Crippen LogP contribution is -2.07. The van der Waals surface area contributed by atoms with Crippen LogP contribution in [0.2, 0.25) is 0 Å². The highest BCUT2D eigenvalue weighted by Gasteiger charge is 2.18. The predicted octanol–water partition coefficient (Wildman–Crippen LogP) is 2.88. The molecule has 4 rings (SSSR count). The number of carbonyl (C=O) groups excluding carboxylic acids is 1. The summed E-state index contributed by atoms with van der Waals surface area (Å²) in [6.07, 6.45) is 3.40. The molecule has 4 nitrogen and oxygen atoms in total. The minimum Gasteiger partial charge on any atom is -0.321 e. The molecule has 1 aromatic heterocycles. The van der Waals surface area contributed by atoms with Crippen LogP contribution in [0.1, 0.15) is 5.56 Å². The number of carbonyl (C=O) groups is 1. The number of benzene rings is 2. The van der Waals surface area contributed by atoms with E-state index in [1.165, 1.54) is 0 Å². The zero-order valence-electron chi connectivity index (χ0n) is 10.6. The molecule has 0 unspecified atom stereocenters. The second-order valence-electron chi connectivity index (χ2n) is 4.68. The van der Waals surface area contributed by atoms with Gasteiger partial charge in [0.25, 0.3) is 5.91 Å². The Morgan fingerprint density at radius 1 is 1.00 bits per heavy atom. The molecule has 1 aliphatic heterocycles. The van der Waals surface area contributed by atoms with Crippen LogP contribution in [-0.4, -0.2) is 15.7 Å². The molecule has 0 saturated carbocycles. The number of rotatable bonds is 1. The van der Waals surface area contributed by atoms with Crippen LogP contribution in [0.25, 0.3) is 16.6 Å². The molecule has 4 heteroatoms. The van der Waals surface area contributed by atoms with Crippen LogP contribution >= 0.6 is 0 Å². The first-order valence-corrected chi connectivity index (χ1v) is 6.38. The molecule has 0 saturated heterocycles. The van der Waals surface area contributed by atoms with E-state index in [-0.39, 0.29) is 5.91 Å². The molecular formula is C16H11N3O. The molecule has 0 fully saturated rings. The van der Waals surface area contributed by atoms with Gasteiger partial charge in [-0.2, -0.15) is 5.10 Å². The van der Waals surface area contributed by atoms with Gasteiger partial charge in [0, 0.05) is 17.0 Å². The Morgan fingerprint density at radius 3 is 2.70 bits per heavy atom. The SMILES string of the molecule is O=C1C=C(c2ccccc2)n2ncc3cccc(c32)N1. The van der Waals surface area contributed by atoms with Crippen molar-refractivity contribution in [1.29, 1.82) is 0 Å². The third-order valence-electron chi connectivity index (χ3n) is 3.41. The highest BCUT2D eigenvalue weighted by molar-refractivity contribution is 6.11. The van der Waals surface area contributed by atoms with E-state index in [9.17, 15) is 4.79 Å². The smallest absolute Gasteiger partial charge is 0.250 e. The molecule has 20 heavy (non-hydrogen) atoms. The zero-order chi connectivity index (χ0) is 13.5. The molecule has 3 aromatic rings. The fourth-order valence-electron chi connectivity index (χ4n) is 2.53. The normalized spacial score (nSPS) is 13.8. The first-order chi connectivity index (χ1) is 9.83. The van der Waals surface area contributed by atoms with Gasteiger partial charge in [0.1, 0.15) is 0 Å². The quantitative estimate of drug-likeness (QED) is 0.732. The van der Waals surface area contributed by atoms with Gasteiger partial charge in [-0.3, -0.25) is 4.79 Å². The summed E-state index contributed by atoms with van der Waals surface area (Å²) in [7, 11) is 0. The molecule has 0 atom stereocenters. The molecule has 0 radical (unpaired) electrons. The van der Waals surface area contributed by atoms with Crippen LogP contribution in [0.4, 0.5) is 5.69 Å². The lowest BCUT2D eigenvalue weighted by Gasteiger charge is -2.08. The molecule has 1 amide bonds. The molecular weight excluding hydrogens is 250 g/mol. The van der Waals surface area contributed by atoms with Gasteiger partial charge in [-0.05, 0) is 6.07 Å². The van der Waals surface area contributed by atoms with Crippen molar-refractivity contribution >= 4 is 28.2 Å². The highest BCUT2D eigenvalue weighted by Crippen LogP contribution is 2.30. The van der Waals surface area contributed by atoms with E-state index in [1.807, 2.05) is 59.4 Å². The van der Waals surface area contributed by atoms with Gasteiger partial charge in [-0.25, -0.2) is 4.68 Å². The fourth-order valence-corrected chi connectivity index (χ4v) is 2.53. The predicted molar refractivity (Wildman–Crippen MR) is 78.2 cm³/mol. The van der Waals surface area contributed by atoms with E-state index in [2.05, 4.69) is 10.4 Å². The van der Waals surface area contributed by atoms with Gasteiger partial charge in [0.2, 0.25) is 0 Å². The van der Waals surface area contributed by atoms with Crippen molar-refractivity contribution in [2.45, 2.75) is 0 Å². The summed E-state index contributed by atoms with van der Waals surface area (Å²) in [5, 5.41) is 8.34. The van der Waals surface area contributed by atoms with Crippen molar-refractivity contribution in [3.05, 3.63) is 66.4 Å². The number of hydrogen-bond acceptors (Lipinski definition) is 2. The van der Waals surface area contributed by atoms with E-state index in [0.717, 1.165) is 27.9 Å². The summed E-state index contributed by atoms with van der Waals surface area (Å²) in [4.78, 5) is 12.0. The molecule has 0 bridgehead atoms. The molecule has 1 N–H and O–H groups in total. The number of aromatic nitrogens is 2. The third-order valence-corrected chi connectivity index (χ3v) is 3.41.